The molecule has 0 aromatic heterocycles. The van der Waals surface area contributed by atoms with Crippen molar-refractivity contribution in [1.82, 2.24) is 0 Å². The first-order chi connectivity index (χ1) is 3.56. The van der Waals surface area contributed by atoms with Crippen molar-refractivity contribution < 1.29 is 33.3 Å². The molecule has 0 aliphatic rings. The fraction of sp³-hybridized carbons (Fsp3) is 1.00. The molecule has 0 radical (unpaired) electrons. The topological polar surface area (TPSA) is 80.4 Å². The minimum atomic E-state index is -3.77. The van der Waals surface area contributed by atoms with Crippen LogP contribution < -0.4 is 24.6 Å². The van der Waals surface area contributed by atoms with Gasteiger partial charge in [-0.05, 0) is 13.0 Å². The van der Waals surface area contributed by atoms with Gasteiger partial charge in [-0.3, -0.25) is 4.55 Å². The standard InChI is InChI=1S/C3H9NO3S.Li.H/c4-2-1-3-8(5,6)7;;/h1-4H2,(H,5,6,7);;/q;+1;-1. The summed E-state index contributed by atoms with van der Waals surface area (Å²) in [5.41, 5.74) is 4.96. The van der Waals surface area contributed by atoms with Crippen LogP contribution in [0.1, 0.15) is 7.85 Å². The van der Waals surface area contributed by atoms with Crippen LogP contribution in [0.25, 0.3) is 0 Å². The van der Waals surface area contributed by atoms with E-state index in [2.05, 4.69) is 0 Å². The molecular formula is C3H10LiNO3S. The van der Waals surface area contributed by atoms with Crippen LogP contribution in [0.4, 0.5) is 0 Å². The zero-order valence-electron chi connectivity index (χ0n) is 6.37. The summed E-state index contributed by atoms with van der Waals surface area (Å²) in [5, 5.41) is 0. The van der Waals surface area contributed by atoms with Crippen molar-refractivity contribution in [2.24, 2.45) is 5.73 Å². The van der Waals surface area contributed by atoms with Crippen molar-refractivity contribution in [1.29, 1.82) is 0 Å². The van der Waals surface area contributed by atoms with Crippen LogP contribution in [0, 0.1) is 0 Å². The number of rotatable bonds is 3. The van der Waals surface area contributed by atoms with Crippen molar-refractivity contribution in [2.45, 2.75) is 6.42 Å². The van der Waals surface area contributed by atoms with E-state index in [-0.39, 0.29) is 26.0 Å². The third-order valence-corrected chi connectivity index (χ3v) is 1.41. The molecule has 0 rings (SSSR count). The molecule has 0 bridgehead atoms. The largest absolute Gasteiger partial charge is 1.00 e. The molecule has 0 aromatic carbocycles. The summed E-state index contributed by atoms with van der Waals surface area (Å²) in [7, 11) is -3.77. The van der Waals surface area contributed by atoms with Gasteiger partial charge in [-0.15, -0.1) is 0 Å². The van der Waals surface area contributed by atoms with E-state index in [0.29, 0.717) is 13.0 Å². The van der Waals surface area contributed by atoms with Gasteiger partial charge < -0.3 is 7.16 Å². The number of hydrogen-bond acceptors (Lipinski definition) is 3. The average molecular weight is 147 g/mol. The molecule has 0 aliphatic heterocycles. The zero-order valence-corrected chi connectivity index (χ0v) is 6.19. The molecule has 4 nitrogen and oxygen atoms in total. The van der Waals surface area contributed by atoms with E-state index in [1.54, 1.807) is 0 Å². The predicted octanol–water partition coefficient (Wildman–Crippen LogP) is -3.66. The fourth-order valence-corrected chi connectivity index (χ4v) is 0.797. The van der Waals surface area contributed by atoms with E-state index in [4.69, 9.17) is 10.3 Å². The zero-order chi connectivity index (χ0) is 6.62. The van der Waals surface area contributed by atoms with Gasteiger partial charge in [-0.1, -0.05) is 0 Å². The van der Waals surface area contributed by atoms with E-state index in [1.807, 2.05) is 0 Å². The Balaban J connectivity index is -0.000000245. The molecule has 0 unspecified atom stereocenters. The average Bonchev–Trinajstić information content (AvgIpc) is 1.59. The first-order valence-electron chi connectivity index (χ1n) is 2.21. The maximum Gasteiger partial charge on any atom is 1.00 e. The predicted molar refractivity (Wildman–Crippen MR) is 31.2 cm³/mol. The van der Waals surface area contributed by atoms with Gasteiger partial charge in [-0.25, -0.2) is 0 Å². The second kappa shape index (κ2) is 5.27. The molecule has 9 heavy (non-hydrogen) atoms. The molecule has 0 amide bonds. The van der Waals surface area contributed by atoms with Crippen LogP contribution in [0.2, 0.25) is 0 Å². The Morgan fingerprint density at radius 3 is 2.11 bits per heavy atom. The SMILES string of the molecule is NCCCS(=O)(=O)O.[H-].[Li+]. The van der Waals surface area contributed by atoms with Gasteiger partial charge in [-0.2, -0.15) is 8.42 Å². The van der Waals surface area contributed by atoms with E-state index in [9.17, 15) is 8.42 Å². The maximum atomic E-state index is 9.89. The van der Waals surface area contributed by atoms with Crippen molar-refractivity contribution >= 4 is 10.1 Å². The molecule has 0 aliphatic carbocycles. The first-order valence-corrected chi connectivity index (χ1v) is 3.82. The molecule has 0 fully saturated rings. The van der Waals surface area contributed by atoms with Gasteiger partial charge in [0.2, 0.25) is 0 Å². The van der Waals surface area contributed by atoms with E-state index in [0.717, 1.165) is 0 Å². The number of nitrogens with two attached hydrogens (primary N) is 1. The summed E-state index contributed by atoms with van der Waals surface area (Å²) in [4.78, 5) is 0. The summed E-state index contributed by atoms with van der Waals surface area (Å²) in [6.45, 7) is 0.291. The fourth-order valence-electron chi connectivity index (χ4n) is 0.266. The molecule has 3 N–H and O–H groups in total. The van der Waals surface area contributed by atoms with Crippen LogP contribution in [0.5, 0.6) is 0 Å². The Morgan fingerprint density at radius 1 is 1.56 bits per heavy atom. The molecule has 0 spiro atoms. The van der Waals surface area contributed by atoms with Gasteiger partial charge in [0.1, 0.15) is 0 Å². The molecule has 0 heterocycles. The van der Waals surface area contributed by atoms with Crippen LogP contribution in [0.3, 0.4) is 0 Å². The van der Waals surface area contributed by atoms with Gasteiger partial charge in [0.05, 0.1) is 5.75 Å². The van der Waals surface area contributed by atoms with Crippen molar-refractivity contribution in [3.63, 3.8) is 0 Å². The normalized spacial score (nSPS) is 10.4. The van der Waals surface area contributed by atoms with Crippen molar-refractivity contribution in [3.8, 4) is 0 Å². The Hall–Kier alpha value is 0.467. The summed E-state index contributed by atoms with van der Waals surface area (Å²) in [6, 6.07) is 0. The van der Waals surface area contributed by atoms with Crippen molar-refractivity contribution in [2.75, 3.05) is 12.3 Å². The van der Waals surface area contributed by atoms with Gasteiger partial charge in [0.15, 0.2) is 0 Å². The minimum Gasteiger partial charge on any atom is -1.00 e. The monoisotopic (exact) mass is 147 g/mol. The Labute approximate surface area is 68.2 Å². The Morgan fingerprint density at radius 2 is 2.00 bits per heavy atom. The van der Waals surface area contributed by atoms with Crippen LogP contribution >= 0.6 is 0 Å². The minimum absolute atomic E-state index is 0. The quantitative estimate of drug-likeness (QED) is 0.318. The van der Waals surface area contributed by atoms with E-state index < -0.39 is 10.1 Å². The molecule has 6 heteroatoms. The van der Waals surface area contributed by atoms with Crippen LogP contribution in [0.15, 0.2) is 0 Å². The van der Waals surface area contributed by atoms with Crippen LogP contribution in [-0.4, -0.2) is 25.3 Å². The Kier molecular flexibility index (Phi) is 7.12. The first kappa shape index (κ1) is 12.2. The third-order valence-electron chi connectivity index (χ3n) is 0.606. The van der Waals surface area contributed by atoms with Gasteiger partial charge >= 0.3 is 18.9 Å². The molecule has 0 saturated carbocycles. The van der Waals surface area contributed by atoms with Crippen LogP contribution in [-0.2, 0) is 10.1 Å². The second-order valence-electron chi connectivity index (χ2n) is 1.43. The summed E-state index contributed by atoms with van der Waals surface area (Å²) in [5.74, 6) is -0.233. The molecule has 0 atom stereocenters. The number of hydrogen-bond donors (Lipinski definition) is 2. The van der Waals surface area contributed by atoms with E-state index >= 15 is 0 Å². The molecule has 0 saturated heterocycles. The van der Waals surface area contributed by atoms with Gasteiger partial charge in [0.25, 0.3) is 10.1 Å². The maximum absolute atomic E-state index is 9.89. The second-order valence-corrected chi connectivity index (χ2v) is 3.00. The summed E-state index contributed by atoms with van der Waals surface area (Å²) >= 11 is 0. The molecule has 0 aromatic rings. The third kappa shape index (κ3) is 11.8. The summed E-state index contributed by atoms with van der Waals surface area (Å²) in [6.07, 6.45) is 0.318. The van der Waals surface area contributed by atoms with Crippen molar-refractivity contribution in [3.05, 3.63) is 0 Å². The van der Waals surface area contributed by atoms with Gasteiger partial charge in [0, 0.05) is 0 Å². The smallest absolute Gasteiger partial charge is 1.00 e. The van der Waals surface area contributed by atoms with E-state index in [1.165, 1.54) is 0 Å². The molecule has 52 valence electrons. The summed E-state index contributed by atoms with van der Waals surface area (Å²) < 4.78 is 27.8. The molecular weight excluding hydrogens is 137 g/mol. The Bertz CT molecular complexity index is 148.